The van der Waals surface area contributed by atoms with Gasteiger partial charge in [0.2, 0.25) is 0 Å². The van der Waals surface area contributed by atoms with Gasteiger partial charge >= 0.3 is 0 Å². The van der Waals surface area contributed by atoms with Crippen LogP contribution in [0, 0.1) is 0 Å². The van der Waals surface area contributed by atoms with Crippen LogP contribution >= 0.6 is 0 Å². The van der Waals surface area contributed by atoms with Crippen molar-refractivity contribution in [3.8, 4) is 17.2 Å². The molecule has 1 heterocycles. The second-order valence-electron chi connectivity index (χ2n) is 8.53. The number of para-hydroxylation sites is 1. The molecule has 34 heavy (non-hydrogen) atoms. The van der Waals surface area contributed by atoms with Crippen LogP contribution in [0.3, 0.4) is 0 Å². The summed E-state index contributed by atoms with van der Waals surface area (Å²) in [4.78, 5) is 13.4. The van der Waals surface area contributed by atoms with Gasteiger partial charge in [-0.25, -0.2) is 4.68 Å². The van der Waals surface area contributed by atoms with E-state index in [-0.39, 0.29) is 11.9 Å². The van der Waals surface area contributed by atoms with Crippen LogP contribution in [0.1, 0.15) is 59.5 Å². The molecule has 0 spiro atoms. The number of carbonyl (C=O) groups excluding carboxylic acids is 1. The number of amides is 1. The summed E-state index contributed by atoms with van der Waals surface area (Å²) in [6.45, 7) is 2.90. The molecule has 1 unspecified atom stereocenters. The number of rotatable bonds is 9. The molecule has 0 saturated carbocycles. The number of hydrogen-bond donors (Lipinski definition) is 1. The Kier molecular flexibility index (Phi) is 7.85. The first-order valence-corrected chi connectivity index (χ1v) is 11.9. The first-order chi connectivity index (χ1) is 16.6. The van der Waals surface area contributed by atoms with Gasteiger partial charge in [0, 0.05) is 18.4 Å². The number of ether oxygens (including phenoxy) is 3. The van der Waals surface area contributed by atoms with Gasteiger partial charge in [-0.3, -0.25) is 4.79 Å². The normalized spacial score (nSPS) is 14.1. The molecule has 7 heteroatoms. The minimum absolute atomic E-state index is 0.153. The predicted octanol–water partition coefficient (Wildman–Crippen LogP) is 4.67. The molecule has 0 bridgehead atoms. The molecule has 7 nitrogen and oxygen atoms in total. The third-order valence-electron chi connectivity index (χ3n) is 6.23. The zero-order valence-electron chi connectivity index (χ0n) is 20.2. The highest BCUT2D eigenvalue weighted by Crippen LogP contribution is 2.31. The summed E-state index contributed by atoms with van der Waals surface area (Å²) in [5, 5.41) is 7.93. The largest absolute Gasteiger partial charge is 0.493 e. The molecule has 1 amide bonds. The van der Waals surface area contributed by atoms with Gasteiger partial charge < -0.3 is 19.5 Å². The maximum atomic E-state index is 13.4. The Morgan fingerprint density at radius 3 is 2.59 bits per heavy atom. The maximum Gasteiger partial charge on any atom is 0.272 e. The van der Waals surface area contributed by atoms with Gasteiger partial charge in [0.05, 0.1) is 25.4 Å². The fraction of sp³-hybridized carbons (Fsp3) is 0.407. The SMILES string of the molecule is COCCOc1ccc(C(C)NC(=O)c2nn(-c3ccccc3)c3c2CCCCC3)cc1OC. The number of aromatic nitrogens is 2. The summed E-state index contributed by atoms with van der Waals surface area (Å²) in [5.74, 6) is 1.12. The van der Waals surface area contributed by atoms with E-state index in [0.717, 1.165) is 48.2 Å². The number of methoxy groups -OCH3 is 2. The number of benzene rings is 2. The van der Waals surface area contributed by atoms with Crippen molar-refractivity contribution in [2.75, 3.05) is 27.4 Å². The Balaban J connectivity index is 1.56. The van der Waals surface area contributed by atoms with Crippen molar-refractivity contribution in [3.05, 3.63) is 71.0 Å². The fourth-order valence-corrected chi connectivity index (χ4v) is 4.40. The fourth-order valence-electron chi connectivity index (χ4n) is 4.40. The van der Waals surface area contributed by atoms with Crippen LogP contribution in [0.2, 0.25) is 0 Å². The third kappa shape index (κ3) is 5.25. The van der Waals surface area contributed by atoms with E-state index in [2.05, 4.69) is 5.32 Å². The molecule has 0 saturated heterocycles. The topological polar surface area (TPSA) is 74.6 Å². The second kappa shape index (κ2) is 11.2. The summed E-state index contributed by atoms with van der Waals surface area (Å²) < 4.78 is 18.2. The van der Waals surface area contributed by atoms with Crippen molar-refractivity contribution in [1.29, 1.82) is 0 Å². The Morgan fingerprint density at radius 1 is 1.03 bits per heavy atom. The molecular formula is C27H33N3O4. The molecule has 180 valence electrons. The molecule has 0 fully saturated rings. The van der Waals surface area contributed by atoms with E-state index in [0.29, 0.717) is 30.4 Å². The molecule has 1 aliphatic carbocycles. The first-order valence-electron chi connectivity index (χ1n) is 11.9. The van der Waals surface area contributed by atoms with Crippen LogP contribution in [-0.4, -0.2) is 43.1 Å². The van der Waals surface area contributed by atoms with Crippen molar-refractivity contribution < 1.29 is 19.0 Å². The van der Waals surface area contributed by atoms with Crippen molar-refractivity contribution in [3.63, 3.8) is 0 Å². The van der Waals surface area contributed by atoms with Crippen molar-refractivity contribution in [2.45, 2.75) is 45.1 Å². The van der Waals surface area contributed by atoms with Gasteiger partial charge in [-0.1, -0.05) is 30.7 Å². The van der Waals surface area contributed by atoms with Gasteiger partial charge in [-0.2, -0.15) is 5.10 Å². The minimum atomic E-state index is -0.224. The average molecular weight is 464 g/mol. The lowest BCUT2D eigenvalue weighted by Gasteiger charge is -2.17. The highest BCUT2D eigenvalue weighted by Gasteiger charge is 2.26. The van der Waals surface area contributed by atoms with Crippen LogP contribution < -0.4 is 14.8 Å². The lowest BCUT2D eigenvalue weighted by molar-refractivity contribution is 0.0933. The summed E-state index contributed by atoms with van der Waals surface area (Å²) in [6.07, 6.45) is 5.16. The molecular weight excluding hydrogens is 430 g/mol. The molecule has 4 rings (SSSR count). The lowest BCUT2D eigenvalue weighted by atomic mass is 10.1. The van der Waals surface area contributed by atoms with Crippen LogP contribution in [0.25, 0.3) is 5.69 Å². The zero-order chi connectivity index (χ0) is 23.9. The Bertz CT molecular complexity index is 1110. The number of nitrogens with zero attached hydrogens (tertiary/aromatic N) is 2. The summed E-state index contributed by atoms with van der Waals surface area (Å²) in [5.41, 5.74) is 4.67. The van der Waals surface area contributed by atoms with E-state index >= 15 is 0 Å². The van der Waals surface area contributed by atoms with Crippen molar-refractivity contribution in [1.82, 2.24) is 15.1 Å². The van der Waals surface area contributed by atoms with Crippen molar-refractivity contribution in [2.24, 2.45) is 0 Å². The predicted molar refractivity (Wildman–Crippen MR) is 131 cm³/mol. The van der Waals surface area contributed by atoms with Crippen LogP contribution in [0.15, 0.2) is 48.5 Å². The van der Waals surface area contributed by atoms with Gasteiger partial charge in [-0.05, 0) is 62.4 Å². The average Bonchev–Trinajstić information content (AvgIpc) is 3.05. The lowest BCUT2D eigenvalue weighted by Crippen LogP contribution is -2.28. The van der Waals surface area contributed by atoms with E-state index in [1.807, 2.05) is 60.1 Å². The van der Waals surface area contributed by atoms with Gasteiger partial charge in [0.25, 0.3) is 5.91 Å². The van der Waals surface area contributed by atoms with E-state index < -0.39 is 0 Å². The molecule has 0 aliphatic heterocycles. The second-order valence-corrected chi connectivity index (χ2v) is 8.53. The Labute approximate surface area is 201 Å². The highest BCUT2D eigenvalue weighted by atomic mass is 16.5. The smallest absolute Gasteiger partial charge is 0.272 e. The summed E-state index contributed by atoms with van der Waals surface area (Å²) >= 11 is 0. The summed E-state index contributed by atoms with van der Waals surface area (Å²) in [7, 11) is 3.24. The quantitative estimate of drug-likeness (QED) is 0.369. The minimum Gasteiger partial charge on any atom is -0.493 e. The van der Waals surface area contributed by atoms with E-state index in [1.165, 1.54) is 6.42 Å². The van der Waals surface area contributed by atoms with E-state index in [9.17, 15) is 4.79 Å². The molecule has 0 radical (unpaired) electrons. The van der Waals surface area contributed by atoms with Gasteiger partial charge in [0.1, 0.15) is 6.61 Å². The number of nitrogens with one attached hydrogen (secondary N) is 1. The highest BCUT2D eigenvalue weighted by molar-refractivity contribution is 5.94. The van der Waals surface area contributed by atoms with Crippen LogP contribution in [-0.2, 0) is 17.6 Å². The summed E-state index contributed by atoms with van der Waals surface area (Å²) in [6, 6.07) is 15.5. The molecule has 2 aromatic carbocycles. The van der Waals surface area contributed by atoms with Crippen molar-refractivity contribution >= 4 is 5.91 Å². The Hall–Kier alpha value is -3.32. The van der Waals surface area contributed by atoms with E-state index in [4.69, 9.17) is 19.3 Å². The number of carbonyl (C=O) groups is 1. The first kappa shape index (κ1) is 23.8. The molecule has 1 atom stereocenters. The molecule has 1 aliphatic rings. The molecule has 1 N–H and O–H groups in total. The van der Waals surface area contributed by atoms with Crippen LogP contribution in [0.4, 0.5) is 0 Å². The monoisotopic (exact) mass is 463 g/mol. The zero-order valence-corrected chi connectivity index (χ0v) is 20.2. The number of hydrogen-bond acceptors (Lipinski definition) is 5. The molecule has 3 aromatic rings. The Morgan fingerprint density at radius 2 is 1.82 bits per heavy atom. The third-order valence-corrected chi connectivity index (χ3v) is 6.23. The molecule has 1 aromatic heterocycles. The van der Waals surface area contributed by atoms with Gasteiger partial charge in [0.15, 0.2) is 17.2 Å². The van der Waals surface area contributed by atoms with E-state index in [1.54, 1.807) is 14.2 Å². The van der Waals surface area contributed by atoms with Crippen LogP contribution in [0.5, 0.6) is 11.5 Å². The maximum absolute atomic E-state index is 13.4. The standard InChI is InChI=1S/C27H33N3O4/c1-19(20-14-15-24(25(18-20)33-3)34-17-16-32-2)28-27(31)26-22-12-8-5-9-13-23(22)30(29-26)21-10-6-4-7-11-21/h4,6-7,10-11,14-15,18-19H,5,8-9,12-13,16-17H2,1-3H3,(H,28,31). The number of fused-ring (bicyclic) bond motifs is 1. The van der Waals surface area contributed by atoms with Gasteiger partial charge in [-0.15, -0.1) is 0 Å².